The van der Waals surface area contributed by atoms with Crippen molar-refractivity contribution in [3.8, 4) is 0 Å². The van der Waals surface area contributed by atoms with Crippen LogP contribution in [-0.2, 0) is 16.0 Å². The van der Waals surface area contributed by atoms with Crippen LogP contribution in [0.25, 0.3) is 0 Å². The highest BCUT2D eigenvalue weighted by Crippen LogP contribution is 2.06. The van der Waals surface area contributed by atoms with Crippen molar-refractivity contribution in [3.63, 3.8) is 0 Å². The SMILES string of the molecule is CCOC(=O)/C=C/CCc1ccc(C)cc1. The predicted molar refractivity (Wildman–Crippen MR) is 65.3 cm³/mol. The summed E-state index contributed by atoms with van der Waals surface area (Å²) in [6.07, 6.45) is 5.17. The molecule has 0 aliphatic heterocycles. The third-order valence-corrected chi connectivity index (χ3v) is 2.26. The van der Waals surface area contributed by atoms with Gasteiger partial charge < -0.3 is 4.74 Å². The summed E-state index contributed by atoms with van der Waals surface area (Å²) in [5.41, 5.74) is 2.56. The molecule has 0 aliphatic carbocycles. The van der Waals surface area contributed by atoms with Crippen LogP contribution in [0, 0.1) is 6.92 Å². The number of aryl methyl sites for hydroxylation is 2. The van der Waals surface area contributed by atoms with Crippen LogP contribution in [0.4, 0.5) is 0 Å². The van der Waals surface area contributed by atoms with Gasteiger partial charge in [0.2, 0.25) is 0 Å². The van der Waals surface area contributed by atoms with E-state index in [1.807, 2.05) is 6.08 Å². The van der Waals surface area contributed by atoms with Crippen molar-refractivity contribution in [1.82, 2.24) is 0 Å². The van der Waals surface area contributed by atoms with Gasteiger partial charge >= 0.3 is 5.97 Å². The van der Waals surface area contributed by atoms with Crippen molar-refractivity contribution < 1.29 is 9.53 Å². The number of ether oxygens (including phenoxy) is 1. The lowest BCUT2D eigenvalue weighted by molar-refractivity contribution is -0.137. The Morgan fingerprint density at radius 2 is 2.00 bits per heavy atom. The first kappa shape index (κ1) is 12.5. The van der Waals surface area contributed by atoms with Gasteiger partial charge in [-0.2, -0.15) is 0 Å². The zero-order valence-electron chi connectivity index (χ0n) is 9.90. The van der Waals surface area contributed by atoms with Crippen molar-refractivity contribution in [2.45, 2.75) is 26.7 Å². The van der Waals surface area contributed by atoms with Gasteiger partial charge in [-0.3, -0.25) is 0 Å². The number of allylic oxidation sites excluding steroid dienone is 1. The molecule has 1 aromatic rings. The Morgan fingerprint density at radius 3 is 2.62 bits per heavy atom. The molecule has 0 atom stereocenters. The second-order valence-corrected chi connectivity index (χ2v) is 3.68. The van der Waals surface area contributed by atoms with Crippen LogP contribution in [0.1, 0.15) is 24.5 Å². The van der Waals surface area contributed by atoms with Gasteiger partial charge in [0, 0.05) is 6.08 Å². The molecule has 0 radical (unpaired) electrons. The predicted octanol–water partition coefficient (Wildman–Crippen LogP) is 3.05. The molecule has 0 saturated carbocycles. The van der Waals surface area contributed by atoms with Crippen LogP contribution in [0.2, 0.25) is 0 Å². The molecule has 0 fully saturated rings. The summed E-state index contributed by atoms with van der Waals surface area (Å²) < 4.78 is 4.78. The van der Waals surface area contributed by atoms with Crippen molar-refractivity contribution in [2.75, 3.05) is 6.61 Å². The summed E-state index contributed by atoms with van der Waals surface area (Å²) >= 11 is 0. The van der Waals surface area contributed by atoms with Crippen LogP contribution in [-0.4, -0.2) is 12.6 Å². The Balaban J connectivity index is 2.30. The Kier molecular flexibility index (Phi) is 5.34. The molecule has 86 valence electrons. The van der Waals surface area contributed by atoms with Gasteiger partial charge in [-0.25, -0.2) is 4.79 Å². The highest BCUT2D eigenvalue weighted by Gasteiger charge is 1.93. The monoisotopic (exact) mass is 218 g/mol. The average Bonchev–Trinajstić information content (AvgIpc) is 2.27. The molecule has 0 bridgehead atoms. The molecule has 0 unspecified atom stereocenters. The first-order valence-electron chi connectivity index (χ1n) is 5.61. The molecule has 0 amide bonds. The van der Waals surface area contributed by atoms with Crippen molar-refractivity contribution >= 4 is 5.97 Å². The van der Waals surface area contributed by atoms with Crippen LogP contribution in [0.3, 0.4) is 0 Å². The topological polar surface area (TPSA) is 26.3 Å². The van der Waals surface area contributed by atoms with E-state index in [9.17, 15) is 4.79 Å². The fraction of sp³-hybridized carbons (Fsp3) is 0.357. The maximum Gasteiger partial charge on any atom is 0.330 e. The van der Waals surface area contributed by atoms with Crippen LogP contribution in [0.5, 0.6) is 0 Å². The van der Waals surface area contributed by atoms with Gasteiger partial charge in [0.25, 0.3) is 0 Å². The van der Waals surface area contributed by atoms with Crippen LogP contribution in [0.15, 0.2) is 36.4 Å². The first-order chi connectivity index (χ1) is 7.72. The number of carbonyl (C=O) groups is 1. The normalized spacial score (nSPS) is 10.6. The lowest BCUT2D eigenvalue weighted by Crippen LogP contribution is -1.98. The maximum atomic E-state index is 11.0. The van der Waals surface area contributed by atoms with E-state index in [0.29, 0.717) is 6.61 Å². The highest BCUT2D eigenvalue weighted by molar-refractivity contribution is 5.81. The van der Waals surface area contributed by atoms with Crippen molar-refractivity contribution in [3.05, 3.63) is 47.5 Å². The molecule has 0 saturated heterocycles. The minimum atomic E-state index is -0.258. The molecule has 1 rings (SSSR count). The van der Waals surface area contributed by atoms with Crippen molar-refractivity contribution in [1.29, 1.82) is 0 Å². The minimum Gasteiger partial charge on any atom is -0.463 e. The van der Waals surface area contributed by atoms with E-state index in [2.05, 4.69) is 31.2 Å². The van der Waals surface area contributed by atoms with Crippen LogP contribution >= 0.6 is 0 Å². The van der Waals surface area contributed by atoms with E-state index in [-0.39, 0.29) is 5.97 Å². The molecular formula is C14H18O2. The van der Waals surface area contributed by atoms with Gasteiger partial charge in [0.05, 0.1) is 6.61 Å². The Morgan fingerprint density at radius 1 is 1.31 bits per heavy atom. The van der Waals surface area contributed by atoms with Crippen LogP contribution < -0.4 is 0 Å². The highest BCUT2D eigenvalue weighted by atomic mass is 16.5. The largest absolute Gasteiger partial charge is 0.463 e. The second-order valence-electron chi connectivity index (χ2n) is 3.68. The third-order valence-electron chi connectivity index (χ3n) is 2.26. The van der Waals surface area contributed by atoms with Crippen molar-refractivity contribution in [2.24, 2.45) is 0 Å². The number of rotatable bonds is 5. The third kappa shape index (κ3) is 4.78. The summed E-state index contributed by atoms with van der Waals surface area (Å²) in [4.78, 5) is 11.0. The average molecular weight is 218 g/mol. The van der Waals surface area contributed by atoms with E-state index in [0.717, 1.165) is 12.8 Å². The summed E-state index contributed by atoms with van der Waals surface area (Å²) in [7, 11) is 0. The number of benzene rings is 1. The van der Waals surface area contributed by atoms with E-state index in [1.54, 1.807) is 6.92 Å². The summed E-state index contributed by atoms with van der Waals surface area (Å²) in [5.74, 6) is -0.258. The number of hydrogen-bond donors (Lipinski definition) is 0. The van der Waals surface area contributed by atoms with Gasteiger partial charge in [0.15, 0.2) is 0 Å². The lowest BCUT2D eigenvalue weighted by Gasteiger charge is -1.99. The Hall–Kier alpha value is -1.57. The molecule has 0 heterocycles. The van der Waals surface area contributed by atoms with Gasteiger partial charge in [-0.1, -0.05) is 35.9 Å². The Labute approximate surface area is 96.9 Å². The van der Waals surface area contributed by atoms with E-state index >= 15 is 0 Å². The van der Waals surface area contributed by atoms with E-state index in [4.69, 9.17) is 4.74 Å². The minimum absolute atomic E-state index is 0.258. The zero-order chi connectivity index (χ0) is 11.8. The standard InChI is InChI=1S/C14H18O2/c1-3-16-14(15)7-5-4-6-13-10-8-12(2)9-11-13/h5,7-11H,3-4,6H2,1-2H3/b7-5+. The summed E-state index contributed by atoms with van der Waals surface area (Å²) in [6.45, 7) is 4.31. The first-order valence-corrected chi connectivity index (χ1v) is 5.61. The summed E-state index contributed by atoms with van der Waals surface area (Å²) in [5, 5.41) is 0. The molecule has 0 N–H and O–H groups in total. The van der Waals surface area contributed by atoms with Gasteiger partial charge in [-0.15, -0.1) is 0 Å². The van der Waals surface area contributed by atoms with Gasteiger partial charge in [-0.05, 0) is 32.3 Å². The zero-order valence-corrected chi connectivity index (χ0v) is 9.90. The maximum absolute atomic E-state index is 11.0. The van der Waals surface area contributed by atoms with E-state index in [1.165, 1.54) is 17.2 Å². The number of carbonyl (C=O) groups excluding carboxylic acids is 1. The molecule has 0 spiro atoms. The molecule has 1 aromatic carbocycles. The lowest BCUT2D eigenvalue weighted by atomic mass is 10.1. The fourth-order valence-corrected chi connectivity index (χ4v) is 1.37. The number of esters is 1. The Bertz CT molecular complexity index is 350. The summed E-state index contributed by atoms with van der Waals surface area (Å²) in [6, 6.07) is 8.44. The number of hydrogen-bond acceptors (Lipinski definition) is 2. The fourth-order valence-electron chi connectivity index (χ4n) is 1.37. The molecule has 16 heavy (non-hydrogen) atoms. The molecule has 0 aliphatic rings. The molecule has 0 aromatic heterocycles. The second kappa shape index (κ2) is 6.83. The smallest absolute Gasteiger partial charge is 0.330 e. The quantitative estimate of drug-likeness (QED) is 0.561. The molecule has 2 heteroatoms. The van der Waals surface area contributed by atoms with E-state index < -0.39 is 0 Å². The van der Waals surface area contributed by atoms with Gasteiger partial charge in [0.1, 0.15) is 0 Å². The molecule has 2 nitrogen and oxygen atoms in total. The molecular weight excluding hydrogens is 200 g/mol.